The van der Waals surface area contributed by atoms with Gasteiger partial charge in [-0.3, -0.25) is 9.69 Å². The first-order valence-corrected chi connectivity index (χ1v) is 9.51. The average Bonchev–Trinajstić information content (AvgIpc) is 3.28. The summed E-state index contributed by atoms with van der Waals surface area (Å²) in [6.07, 6.45) is 0.386. The van der Waals surface area contributed by atoms with Crippen molar-refractivity contribution in [1.82, 2.24) is 5.32 Å². The first-order valence-electron chi connectivity index (χ1n) is 9.51. The van der Waals surface area contributed by atoms with Crippen LogP contribution < -0.4 is 15.1 Å². The van der Waals surface area contributed by atoms with Gasteiger partial charge in [-0.25, -0.2) is 9.18 Å². The number of hydrogen-bond acceptors (Lipinski definition) is 6. The smallest absolute Gasteiger partial charge is 0.414 e. The van der Waals surface area contributed by atoms with Crippen LogP contribution in [0.5, 0.6) is 0 Å². The maximum Gasteiger partial charge on any atom is 0.414 e. The van der Waals surface area contributed by atoms with E-state index in [9.17, 15) is 14.0 Å². The van der Waals surface area contributed by atoms with Gasteiger partial charge in [-0.2, -0.15) is 0 Å². The first kappa shape index (κ1) is 18.9. The molecule has 8 nitrogen and oxygen atoms in total. The number of nitrogens with one attached hydrogen (secondary N) is 1. The Morgan fingerprint density at radius 1 is 1.29 bits per heavy atom. The number of benzene rings is 1. The maximum absolute atomic E-state index is 14.8. The largest absolute Gasteiger partial charge is 0.442 e. The zero-order chi connectivity index (χ0) is 19.7. The van der Waals surface area contributed by atoms with Crippen molar-refractivity contribution in [1.29, 1.82) is 0 Å². The van der Waals surface area contributed by atoms with Gasteiger partial charge in [0.15, 0.2) is 5.79 Å². The van der Waals surface area contributed by atoms with E-state index in [1.807, 2.05) is 4.90 Å². The van der Waals surface area contributed by atoms with E-state index < -0.39 is 18.0 Å². The highest BCUT2D eigenvalue weighted by molar-refractivity contribution is 5.90. The molecule has 0 aliphatic carbocycles. The lowest BCUT2D eigenvalue weighted by atomic mass is 10.0. The number of anilines is 2. The van der Waals surface area contributed by atoms with Crippen molar-refractivity contribution >= 4 is 23.4 Å². The molecule has 4 rings (SSSR count). The summed E-state index contributed by atoms with van der Waals surface area (Å²) in [4.78, 5) is 26.5. The van der Waals surface area contributed by atoms with Crippen LogP contribution in [0.25, 0.3) is 0 Å². The van der Waals surface area contributed by atoms with Gasteiger partial charge in [-0.05, 0) is 18.2 Å². The van der Waals surface area contributed by atoms with Crippen LogP contribution in [-0.4, -0.2) is 63.3 Å². The molecule has 3 saturated heterocycles. The van der Waals surface area contributed by atoms with E-state index in [1.165, 1.54) is 17.9 Å². The van der Waals surface area contributed by atoms with Crippen LogP contribution in [0, 0.1) is 5.82 Å². The lowest BCUT2D eigenvalue weighted by Gasteiger charge is -2.38. The Labute approximate surface area is 162 Å². The molecule has 0 saturated carbocycles. The van der Waals surface area contributed by atoms with Crippen molar-refractivity contribution in [2.75, 3.05) is 49.2 Å². The maximum atomic E-state index is 14.8. The highest BCUT2D eigenvalue weighted by Gasteiger charge is 2.40. The monoisotopic (exact) mass is 393 g/mol. The SMILES string of the molecule is CC(=O)NCC1CN(c2ccc(N3CCC4(CC3)OCCO4)c(F)c2)C(=O)O1. The van der Waals surface area contributed by atoms with Gasteiger partial charge in [0, 0.05) is 32.9 Å². The molecule has 152 valence electrons. The summed E-state index contributed by atoms with van der Waals surface area (Å²) in [5.74, 6) is -1.09. The predicted molar refractivity (Wildman–Crippen MR) is 98.8 cm³/mol. The Hall–Kier alpha value is -2.39. The van der Waals surface area contributed by atoms with Gasteiger partial charge in [0.1, 0.15) is 11.9 Å². The molecular weight excluding hydrogens is 369 g/mol. The summed E-state index contributed by atoms with van der Waals surface area (Å²) < 4.78 is 31.4. The van der Waals surface area contributed by atoms with Gasteiger partial charge in [0.25, 0.3) is 0 Å². The molecule has 28 heavy (non-hydrogen) atoms. The fourth-order valence-electron chi connectivity index (χ4n) is 3.89. The van der Waals surface area contributed by atoms with Crippen LogP contribution in [0.15, 0.2) is 18.2 Å². The Morgan fingerprint density at radius 2 is 2.00 bits per heavy atom. The van der Waals surface area contributed by atoms with Crippen LogP contribution >= 0.6 is 0 Å². The molecular formula is C19H24FN3O5. The summed E-state index contributed by atoms with van der Waals surface area (Å²) in [7, 11) is 0. The molecule has 9 heteroatoms. The lowest BCUT2D eigenvalue weighted by molar-refractivity contribution is -0.169. The summed E-state index contributed by atoms with van der Waals surface area (Å²) in [5, 5.41) is 2.62. The van der Waals surface area contributed by atoms with Crippen LogP contribution in [0.1, 0.15) is 19.8 Å². The van der Waals surface area contributed by atoms with E-state index in [0.29, 0.717) is 50.5 Å². The van der Waals surface area contributed by atoms with Gasteiger partial charge >= 0.3 is 6.09 Å². The van der Waals surface area contributed by atoms with Crippen molar-refractivity contribution in [3.63, 3.8) is 0 Å². The Bertz CT molecular complexity index is 758. The van der Waals surface area contributed by atoms with Gasteiger partial charge in [0.2, 0.25) is 5.91 Å². The van der Waals surface area contributed by atoms with Crippen molar-refractivity contribution in [3.05, 3.63) is 24.0 Å². The van der Waals surface area contributed by atoms with Crippen LogP contribution in [0.2, 0.25) is 0 Å². The second kappa shape index (κ2) is 7.56. The number of halogens is 1. The van der Waals surface area contributed by atoms with Crippen LogP contribution in [-0.2, 0) is 19.0 Å². The van der Waals surface area contributed by atoms with Gasteiger partial charge in [-0.15, -0.1) is 0 Å². The molecule has 3 aliphatic heterocycles. The number of piperidine rings is 1. The Balaban J connectivity index is 1.41. The topological polar surface area (TPSA) is 80.3 Å². The third-order valence-corrected chi connectivity index (χ3v) is 5.38. The van der Waals surface area contributed by atoms with Crippen molar-refractivity contribution in [3.8, 4) is 0 Å². The Morgan fingerprint density at radius 3 is 2.64 bits per heavy atom. The molecule has 1 spiro atoms. The highest BCUT2D eigenvalue weighted by Crippen LogP contribution is 2.35. The summed E-state index contributed by atoms with van der Waals surface area (Å²) in [5.41, 5.74) is 0.937. The number of rotatable bonds is 4. The minimum Gasteiger partial charge on any atom is -0.442 e. The number of cyclic esters (lactones) is 1. The molecule has 1 N–H and O–H groups in total. The third kappa shape index (κ3) is 3.77. The number of nitrogens with zero attached hydrogens (tertiary/aromatic N) is 2. The second-order valence-corrected chi connectivity index (χ2v) is 7.28. The van der Waals surface area contributed by atoms with Gasteiger partial charge in [0.05, 0.1) is 37.7 Å². The second-order valence-electron chi connectivity index (χ2n) is 7.28. The van der Waals surface area contributed by atoms with Crippen molar-refractivity contribution in [2.45, 2.75) is 31.7 Å². The molecule has 3 fully saturated rings. The molecule has 3 aliphatic rings. The van der Waals surface area contributed by atoms with Crippen molar-refractivity contribution in [2.24, 2.45) is 0 Å². The zero-order valence-corrected chi connectivity index (χ0v) is 15.8. The zero-order valence-electron chi connectivity index (χ0n) is 15.8. The van der Waals surface area contributed by atoms with Gasteiger partial charge in [-0.1, -0.05) is 0 Å². The standard InChI is InChI=1S/C19H24FN3O5/c1-13(24)21-11-15-12-23(18(25)28-15)14-2-3-17(16(20)10-14)22-6-4-19(5-7-22)26-8-9-27-19/h2-3,10,15H,4-9,11-12H2,1H3,(H,21,24). The summed E-state index contributed by atoms with van der Waals surface area (Å²) in [6.45, 7) is 4.39. The van der Waals surface area contributed by atoms with Crippen molar-refractivity contribution < 1.29 is 28.2 Å². The molecule has 0 bridgehead atoms. The van der Waals surface area contributed by atoms with E-state index in [2.05, 4.69) is 5.32 Å². The van der Waals surface area contributed by atoms with E-state index in [1.54, 1.807) is 12.1 Å². The number of hydrogen-bond donors (Lipinski definition) is 1. The summed E-state index contributed by atoms with van der Waals surface area (Å²) in [6, 6.07) is 4.76. The van der Waals surface area contributed by atoms with Crippen LogP contribution in [0.3, 0.4) is 0 Å². The molecule has 1 atom stereocenters. The third-order valence-electron chi connectivity index (χ3n) is 5.38. The van der Waals surface area contributed by atoms with E-state index in [-0.39, 0.29) is 24.8 Å². The molecule has 3 heterocycles. The van der Waals surface area contributed by atoms with Crippen LogP contribution in [0.4, 0.5) is 20.6 Å². The van der Waals surface area contributed by atoms with E-state index in [4.69, 9.17) is 14.2 Å². The average molecular weight is 393 g/mol. The fourth-order valence-corrected chi connectivity index (χ4v) is 3.89. The lowest BCUT2D eigenvalue weighted by Crippen LogP contribution is -2.45. The quantitative estimate of drug-likeness (QED) is 0.838. The Kier molecular flexibility index (Phi) is 5.11. The predicted octanol–water partition coefficient (Wildman–Crippen LogP) is 1.63. The number of ether oxygens (including phenoxy) is 3. The molecule has 1 unspecified atom stereocenters. The summed E-state index contributed by atoms with van der Waals surface area (Å²) >= 11 is 0. The van der Waals surface area contributed by atoms with E-state index in [0.717, 1.165) is 0 Å². The number of carbonyl (C=O) groups is 2. The normalized spacial score (nSPS) is 23.9. The number of carbonyl (C=O) groups excluding carboxylic acids is 2. The molecule has 0 radical (unpaired) electrons. The van der Waals surface area contributed by atoms with E-state index >= 15 is 0 Å². The molecule has 0 aromatic heterocycles. The molecule has 2 amide bonds. The van der Waals surface area contributed by atoms with Gasteiger partial charge < -0.3 is 24.4 Å². The fraction of sp³-hybridized carbons (Fsp3) is 0.579. The number of amides is 2. The first-order chi connectivity index (χ1) is 13.5. The minimum absolute atomic E-state index is 0.193. The minimum atomic E-state index is -0.544. The highest BCUT2D eigenvalue weighted by atomic mass is 19.1. The molecule has 1 aromatic rings. The molecule has 1 aromatic carbocycles.